The van der Waals surface area contributed by atoms with Crippen LogP contribution in [0.1, 0.15) is 19.5 Å². The molecule has 0 aliphatic carbocycles. The largest absolute Gasteiger partial charge is 0.372 e. The molecule has 0 unspecified atom stereocenters. The van der Waals surface area contributed by atoms with E-state index in [1.807, 2.05) is 0 Å². The van der Waals surface area contributed by atoms with Crippen LogP contribution in [0.3, 0.4) is 0 Å². The number of rotatable bonds is 5. The molecule has 0 saturated heterocycles. The highest BCUT2D eigenvalue weighted by molar-refractivity contribution is 9.10. The number of aromatic nitrogens is 1. The molecule has 0 radical (unpaired) electrons. The number of anilines is 1. The third kappa shape index (κ3) is 3.27. The van der Waals surface area contributed by atoms with Gasteiger partial charge in [0.05, 0.1) is 5.69 Å². The SMILES string of the molecule is CCN(CC)c1ccc(-n2c(C)ccc2-c2ccc(Br)cc2)cc1. The molecule has 0 saturated carbocycles. The minimum atomic E-state index is 1.03. The van der Waals surface area contributed by atoms with E-state index < -0.39 is 0 Å². The molecular formula is C21H23BrN2. The minimum absolute atomic E-state index is 1.03. The monoisotopic (exact) mass is 382 g/mol. The minimum Gasteiger partial charge on any atom is -0.372 e. The van der Waals surface area contributed by atoms with Crippen molar-refractivity contribution in [3.05, 3.63) is 70.8 Å². The average molecular weight is 383 g/mol. The molecule has 2 nitrogen and oxygen atoms in total. The van der Waals surface area contributed by atoms with Crippen molar-refractivity contribution in [1.29, 1.82) is 0 Å². The van der Waals surface area contributed by atoms with Crippen LogP contribution in [0, 0.1) is 6.92 Å². The number of hydrogen-bond donors (Lipinski definition) is 0. The van der Waals surface area contributed by atoms with E-state index in [0.29, 0.717) is 0 Å². The zero-order chi connectivity index (χ0) is 17.1. The van der Waals surface area contributed by atoms with Crippen molar-refractivity contribution >= 4 is 21.6 Å². The summed E-state index contributed by atoms with van der Waals surface area (Å²) >= 11 is 3.51. The molecule has 0 aliphatic rings. The van der Waals surface area contributed by atoms with Crippen molar-refractivity contribution in [1.82, 2.24) is 4.57 Å². The lowest BCUT2D eigenvalue weighted by atomic mass is 10.1. The summed E-state index contributed by atoms with van der Waals surface area (Å²) in [6, 6.07) is 21.7. The first-order chi connectivity index (χ1) is 11.6. The summed E-state index contributed by atoms with van der Waals surface area (Å²) in [5.74, 6) is 0. The maximum absolute atomic E-state index is 3.51. The topological polar surface area (TPSA) is 8.17 Å². The van der Waals surface area contributed by atoms with Gasteiger partial charge in [0, 0.05) is 34.6 Å². The van der Waals surface area contributed by atoms with E-state index in [4.69, 9.17) is 0 Å². The van der Waals surface area contributed by atoms with E-state index in [-0.39, 0.29) is 0 Å². The molecule has 0 spiro atoms. The highest BCUT2D eigenvalue weighted by Gasteiger charge is 2.10. The molecule has 0 atom stereocenters. The third-order valence-electron chi connectivity index (χ3n) is 4.45. The number of hydrogen-bond acceptors (Lipinski definition) is 1. The van der Waals surface area contributed by atoms with Crippen LogP contribution in [-0.2, 0) is 0 Å². The van der Waals surface area contributed by atoms with Crippen molar-refractivity contribution < 1.29 is 0 Å². The van der Waals surface area contributed by atoms with Gasteiger partial charge in [0.1, 0.15) is 0 Å². The molecule has 0 N–H and O–H groups in total. The first-order valence-corrected chi connectivity index (χ1v) is 9.23. The summed E-state index contributed by atoms with van der Waals surface area (Å²) in [4.78, 5) is 2.36. The maximum atomic E-state index is 3.51. The summed E-state index contributed by atoms with van der Waals surface area (Å²) in [6.45, 7) is 8.60. The lowest BCUT2D eigenvalue weighted by molar-refractivity contribution is 0.865. The lowest BCUT2D eigenvalue weighted by Gasteiger charge is -2.21. The van der Waals surface area contributed by atoms with Crippen LogP contribution < -0.4 is 4.90 Å². The molecule has 1 aromatic heterocycles. The summed E-state index contributed by atoms with van der Waals surface area (Å²) < 4.78 is 3.42. The van der Waals surface area contributed by atoms with Crippen molar-refractivity contribution in [3.8, 4) is 16.9 Å². The molecule has 0 aliphatic heterocycles. The zero-order valence-electron chi connectivity index (χ0n) is 14.5. The van der Waals surface area contributed by atoms with Gasteiger partial charge in [-0.15, -0.1) is 0 Å². The second-order valence-corrected chi connectivity index (χ2v) is 6.81. The van der Waals surface area contributed by atoms with Crippen molar-refractivity contribution in [2.45, 2.75) is 20.8 Å². The Morgan fingerprint density at radius 2 is 1.46 bits per heavy atom. The number of halogens is 1. The number of aryl methyl sites for hydroxylation is 1. The van der Waals surface area contributed by atoms with Gasteiger partial charge in [-0.25, -0.2) is 0 Å². The number of benzene rings is 2. The van der Waals surface area contributed by atoms with Crippen LogP contribution in [-0.4, -0.2) is 17.7 Å². The van der Waals surface area contributed by atoms with E-state index in [1.165, 1.54) is 28.3 Å². The Hall–Kier alpha value is -2.00. The van der Waals surface area contributed by atoms with Crippen LogP contribution in [0.2, 0.25) is 0 Å². The van der Waals surface area contributed by atoms with Crippen molar-refractivity contribution in [2.24, 2.45) is 0 Å². The molecule has 3 rings (SSSR count). The third-order valence-corrected chi connectivity index (χ3v) is 4.98. The molecule has 24 heavy (non-hydrogen) atoms. The highest BCUT2D eigenvalue weighted by Crippen LogP contribution is 2.28. The zero-order valence-corrected chi connectivity index (χ0v) is 16.0. The Morgan fingerprint density at radius 3 is 2.04 bits per heavy atom. The normalized spacial score (nSPS) is 10.8. The molecule has 3 aromatic rings. The molecule has 2 aromatic carbocycles. The summed E-state index contributed by atoms with van der Waals surface area (Å²) in [5, 5.41) is 0. The lowest BCUT2D eigenvalue weighted by Crippen LogP contribution is -2.21. The summed E-state index contributed by atoms with van der Waals surface area (Å²) in [6.07, 6.45) is 0. The van der Waals surface area contributed by atoms with Crippen LogP contribution in [0.4, 0.5) is 5.69 Å². The number of nitrogens with zero attached hydrogens (tertiary/aromatic N) is 2. The Labute approximate surface area is 152 Å². The molecular weight excluding hydrogens is 360 g/mol. The Morgan fingerprint density at radius 1 is 0.833 bits per heavy atom. The van der Waals surface area contributed by atoms with Gasteiger partial charge in [0.15, 0.2) is 0 Å². The van der Waals surface area contributed by atoms with Gasteiger partial charge in [0.2, 0.25) is 0 Å². The van der Waals surface area contributed by atoms with E-state index in [0.717, 1.165) is 17.6 Å². The van der Waals surface area contributed by atoms with Gasteiger partial charge < -0.3 is 9.47 Å². The smallest absolute Gasteiger partial charge is 0.0531 e. The Balaban J connectivity index is 2.01. The van der Waals surface area contributed by atoms with Gasteiger partial charge in [-0.3, -0.25) is 0 Å². The van der Waals surface area contributed by atoms with Crippen molar-refractivity contribution in [2.75, 3.05) is 18.0 Å². The fourth-order valence-corrected chi connectivity index (χ4v) is 3.39. The summed E-state index contributed by atoms with van der Waals surface area (Å²) in [5.41, 5.74) is 6.16. The molecule has 0 fully saturated rings. The van der Waals surface area contributed by atoms with E-state index in [1.54, 1.807) is 0 Å². The van der Waals surface area contributed by atoms with E-state index >= 15 is 0 Å². The van der Waals surface area contributed by atoms with E-state index in [2.05, 4.69) is 107 Å². The Bertz CT molecular complexity index is 797. The first-order valence-electron chi connectivity index (χ1n) is 8.43. The molecule has 0 amide bonds. The van der Waals surface area contributed by atoms with Crippen LogP contribution in [0.5, 0.6) is 0 Å². The molecule has 124 valence electrons. The van der Waals surface area contributed by atoms with Gasteiger partial charge in [-0.2, -0.15) is 0 Å². The highest BCUT2D eigenvalue weighted by atomic mass is 79.9. The fourth-order valence-electron chi connectivity index (χ4n) is 3.13. The molecule has 1 heterocycles. The predicted molar refractivity (Wildman–Crippen MR) is 107 cm³/mol. The van der Waals surface area contributed by atoms with Gasteiger partial charge in [-0.05, 0) is 74.9 Å². The van der Waals surface area contributed by atoms with Crippen molar-refractivity contribution in [3.63, 3.8) is 0 Å². The average Bonchev–Trinajstić information content (AvgIpc) is 2.99. The summed E-state index contributed by atoms with van der Waals surface area (Å²) in [7, 11) is 0. The predicted octanol–water partition coefficient (Wildman–Crippen LogP) is 6.06. The second kappa shape index (κ2) is 7.27. The van der Waals surface area contributed by atoms with Crippen LogP contribution in [0.25, 0.3) is 16.9 Å². The van der Waals surface area contributed by atoms with Gasteiger partial charge in [0.25, 0.3) is 0 Å². The van der Waals surface area contributed by atoms with Gasteiger partial charge in [-0.1, -0.05) is 28.1 Å². The standard InChI is InChI=1S/C21H23BrN2/c1-4-23(5-2)19-11-13-20(14-12-19)24-16(3)6-15-21(24)17-7-9-18(22)10-8-17/h6-15H,4-5H2,1-3H3. The second-order valence-electron chi connectivity index (χ2n) is 5.89. The molecule has 3 heteroatoms. The first kappa shape index (κ1) is 16.8. The fraction of sp³-hybridized carbons (Fsp3) is 0.238. The Kier molecular flexibility index (Phi) is 5.10. The van der Waals surface area contributed by atoms with Gasteiger partial charge >= 0.3 is 0 Å². The molecule has 0 bridgehead atoms. The quantitative estimate of drug-likeness (QED) is 0.520. The van der Waals surface area contributed by atoms with Crippen LogP contribution >= 0.6 is 15.9 Å². The van der Waals surface area contributed by atoms with E-state index in [9.17, 15) is 0 Å². The van der Waals surface area contributed by atoms with Crippen LogP contribution in [0.15, 0.2) is 65.1 Å². The maximum Gasteiger partial charge on any atom is 0.0531 e.